The standard InChI is InChI=1S/C20H21NO5/c1-14(19(22)21-12-11-15-7-3-2-4-8-15)25-20(23)18-13-24-16-9-5-6-10-17(16)26-18/h2-10,14,18H,11-13H2,1H3,(H,21,22)/t14-,18+/m1/s1. The molecule has 2 atom stereocenters. The number of ether oxygens (including phenoxy) is 3. The Morgan fingerprint density at radius 1 is 1.12 bits per heavy atom. The van der Waals surface area contributed by atoms with Gasteiger partial charge < -0.3 is 19.5 Å². The second kappa shape index (κ2) is 8.38. The minimum absolute atomic E-state index is 0.0538. The van der Waals surface area contributed by atoms with E-state index >= 15 is 0 Å². The van der Waals surface area contributed by atoms with Crippen molar-refractivity contribution < 1.29 is 23.8 Å². The first-order chi connectivity index (χ1) is 12.6. The molecule has 0 saturated carbocycles. The Morgan fingerprint density at radius 2 is 1.81 bits per heavy atom. The predicted molar refractivity (Wildman–Crippen MR) is 95.1 cm³/mol. The number of hydrogen-bond acceptors (Lipinski definition) is 5. The number of para-hydroxylation sites is 2. The Bertz CT molecular complexity index is 762. The second-order valence-corrected chi connectivity index (χ2v) is 5.97. The van der Waals surface area contributed by atoms with Crippen molar-refractivity contribution in [1.82, 2.24) is 5.32 Å². The molecule has 3 rings (SSSR count). The molecule has 1 amide bonds. The van der Waals surface area contributed by atoms with Gasteiger partial charge in [0.1, 0.15) is 6.61 Å². The van der Waals surface area contributed by atoms with Crippen LogP contribution in [0.3, 0.4) is 0 Å². The van der Waals surface area contributed by atoms with Gasteiger partial charge in [-0.15, -0.1) is 0 Å². The molecule has 0 bridgehead atoms. The Kier molecular flexibility index (Phi) is 5.73. The topological polar surface area (TPSA) is 73.9 Å². The van der Waals surface area contributed by atoms with Gasteiger partial charge in [-0.2, -0.15) is 0 Å². The molecule has 136 valence electrons. The summed E-state index contributed by atoms with van der Waals surface area (Å²) < 4.78 is 16.3. The van der Waals surface area contributed by atoms with E-state index in [1.807, 2.05) is 36.4 Å². The van der Waals surface area contributed by atoms with E-state index in [4.69, 9.17) is 14.2 Å². The molecule has 1 aliphatic rings. The smallest absolute Gasteiger partial charge is 0.351 e. The third-order valence-corrected chi connectivity index (χ3v) is 3.99. The summed E-state index contributed by atoms with van der Waals surface area (Å²) in [5, 5.41) is 2.77. The van der Waals surface area contributed by atoms with Crippen molar-refractivity contribution in [3.8, 4) is 11.5 Å². The highest BCUT2D eigenvalue weighted by molar-refractivity contribution is 5.84. The number of benzene rings is 2. The molecule has 0 radical (unpaired) electrons. The first-order valence-electron chi connectivity index (χ1n) is 8.54. The highest BCUT2D eigenvalue weighted by Gasteiger charge is 2.31. The molecule has 0 unspecified atom stereocenters. The molecule has 1 N–H and O–H groups in total. The zero-order valence-corrected chi connectivity index (χ0v) is 14.5. The SMILES string of the molecule is C[C@@H](OC(=O)[C@@H]1COc2ccccc2O1)C(=O)NCCc1ccccc1. The van der Waals surface area contributed by atoms with E-state index < -0.39 is 18.2 Å². The first kappa shape index (κ1) is 17.8. The van der Waals surface area contributed by atoms with Crippen LogP contribution in [-0.4, -0.2) is 37.2 Å². The maximum atomic E-state index is 12.2. The number of esters is 1. The minimum Gasteiger partial charge on any atom is -0.485 e. The van der Waals surface area contributed by atoms with Crippen LogP contribution in [0.4, 0.5) is 0 Å². The molecule has 0 saturated heterocycles. The van der Waals surface area contributed by atoms with Gasteiger partial charge in [0.25, 0.3) is 5.91 Å². The minimum atomic E-state index is -0.904. The normalized spacial score (nSPS) is 16.4. The quantitative estimate of drug-likeness (QED) is 0.804. The number of carbonyl (C=O) groups is 2. The van der Waals surface area contributed by atoms with Gasteiger partial charge in [-0.05, 0) is 31.0 Å². The fourth-order valence-electron chi connectivity index (χ4n) is 2.56. The fourth-order valence-corrected chi connectivity index (χ4v) is 2.56. The zero-order chi connectivity index (χ0) is 18.4. The summed E-state index contributed by atoms with van der Waals surface area (Å²) >= 11 is 0. The van der Waals surface area contributed by atoms with Crippen molar-refractivity contribution in [3.05, 3.63) is 60.2 Å². The van der Waals surface area contributed by atoms with Gasteiger partial charge in [0.2, 0.25) is 6.10 Å². The largest absolute Gasteiger partial charge is 0.485 e. The number of fused-ring (bicyclic) bond motifs is 1. The zero-order valence-electron chi connectivity index (χ0n) is 14.5. The number of rotatable bonds is 6. The van der Waals surface area contributed by atoms with Crippen molar-refractivity contribution in [3.63, 3.8) is 0 Å². The molecule has 2 aromatic carbocycles. The van der Waals surface area contributed by atoms with Crippen molar-refractivity contribution in [2.45, 2.75) is 25.6 Å². The summed E-state index contributed by atoms with van der Waals surface area (Å²) in [5.74, 6) is 0.112. The van der Waals surface area contributed by atoms with Crippen molar-refractivity contribution in [2.24, 2.45) is 0 Å². The lowest BCUT2D eigenvalue weighted by molar-refractivity contribution is -0.163. The Balaban J connectivity index is 1.44. The first-order valence-corrected chi connectivity index (χ1v) is 8.54. The van der Waals surface area contributed by atoms with E-state index in [1.165, 1.54) is 6.92 Å². The Morgan fingerprint density at radius 3 is 2.58 bits per heavy atom. The molecular weight excluding hydrogens is 334 g/mol. The molecule has 26 heavy (non-hydrogen) atoms. The molecule has 0 aliphatic carbocycles. The van der Waals surface area contributed by atoms with Crippen LogP contribution >= 0.6 is 0 Å². The van der Waals surface area contributed by atoms with Gasteiger partial charge in [0.15, 0.2) is 17.6 Å². The molecule has 1 heterocycles. The van der Waals surface area contributed by atoms with Crippen LogP contribution in [0, 0.1) is 0 Å². The summed E-state index contributed by atoms with van der Waals surface area (Å²) in [6, 6.07) is 16.9. The summed E-state index contributed by atoms with van der Waals surface area (Å²) in [6.45, 7) is 2.06. The third-order valence-electron chi connectivity index (χ3n) is 3.99. The van der Waals surface area contributed by atoms with Crippen LogP contribution < -0.4 is 14.8 Å². The van der Waals surface area contributed by atoms with Crippen molar-refractivity contribution in [1.29, 1.82) is 0 Å². The molecule has 6 heteroatoms. The Hall–Kier alpha value is -3.02. The monoisotopic (exact) mass is 355 g/mol. The lowest BCUT2D eigenvalue weighted by atomic mass is 10.1. The van der Waals surface area contributed by atoms with Gasteiger partial charge in [-0.25, -0.2) is 4.79 Å². The van der Waals surface area contributed by atoms with E-state index in [1.54, 1.807) is 18.2 Å². The summed E-state index contributed by atoms with van der Waals surface area (Å²) in [6.07, 6.45) is -1.08. The van der Waals surface area contributed by atoms with Crippen LogP contribution in [-0.2, 0) is 20.7 Å². The van der Waals surface area contributed by atoms with Crippen LogP contribution in [0.1, 0.15) is 12.5 Å². The maximum Gasteiger partial charge on any atom is 0.351 e. The highest BCUT2D eigenvalue weighted by Crippen LogP contribution is 2.31. The van der Waals surface area contributed by atoms with Crippen molar-refractivity contribution >= 4 is 11.9 Å². The van der Waals surface area contributed by atoms with Gasteiger partial charge in [0.05, 0.1) is 0 Å². The van der Waals surface area contributed by atoms with E-state index in [2.05, 4.69) is 5.32 Å². The van der Waals surface area contributed by atoms with Crippen LogP contribution in [0.2, 0.25) is 0 Å². The van der Waals surface area contributed by atoms with Crippen LogP contribution in [0.5, 0.6) is 11.5 Å². The highest BCUT2D eigenvalue weighted by atomic mass is 16.6. The lowest BCUT2D eigenvalue weighted by Gasteiger charge is -2.25. The van der Waals surface area contributed by atoms with Crippen molar-refractivity contribution in [2.75, 3.05) is 13.2 Å². The second-order valence-electron chi connectivity index (χ2n) is 5.97. The predicted octanol–water partition coefficient (Wildman–Crippen LogP) is 2.12. The molecule has 1 aliphatic heterocycles. The van der Waals surface area contributed by atoms with E-state index in [0.29, 0.717) is 24.5 Å². The molecule has 2 aromatic rings. The number of nitrogens with one attached hydrogen (secondary N) is 1. The molecule has 6 nitrogen and oxygen atoms in total. The Labute approximate surface area is 152 Å². The van der Waals surface area contributed by atoms with Crippen LogP contribution in [0.15, 0.2) is 54.6 Å². The van der Waals surface area contributed by atoms with Gasteiger partial charge in [-0.3, -0.25) is 4.79 Å². The van der Waals surface area contributed by atoms with Gasteiger partial charge in [-0.1, -0.05) is 42.5 Å². The van der Waals surface area contributed by atoms with E-state index in [0.717, 1.165) is 5.56 Å². The average molecular weight is 355 g/mol. The summed E-state index contributed by atoms with van der Waals surface area (Å²) in [5.41, 5.74) is 1.13. The van der Waals surface area contributed by atoms with Gasteiger partial charge in [0, 0.05) is 6.54 Å². The molecule has 0 fully saturated rings. The third kappa shape index (κ3) is 4.53. The molecular formula is C20H21NO5. The van der Waals surface area contributed by atoms with Crippen LogP contribution in [0.25, 0.3) is 0 Å². The maximum absolute atomic E-state index is 12.2. The number of hydrogen-bond donors (Lipinski definition) is 1. The number of carbonyl (C=O) groups excluding carboxylic acids is 2. The fraction of sp³-hybridized carbons (Fsp3) is 0.300. The summed E-state index contributed by atoms with van der Waals surface area (Å²) in [4.78, 5) is 24.3. The average Bonchev–Trinajstić information content (AvgIpc) is 2.68. The van der Waals surface area contributed by atoms with E-state index in [9.17, 15) is 9.59 Å². The molecule has 0 aromatic heterocycles. The molecule has 0 spiro atoms. The summed E-state index contributed by atoms with van der Waals surface area (Å²) in [7, 11) is 0. The van der Waals surface area contributed by atoms with E-state index in [-0.39, 0.29) is 12.5 Å². The number of amides is 1. The van der Waals surface area contributed by atoms with Gasteiger partial charge >= 0.3 is 5.97 Å². The lowest BCUT2D eigenvalue weighted by Crippen LogP contribution is -2.43.